The first-order valence-electron chi connectivity index (χ1n) is 5.52. The lowest BCUT2D eigenvalue weighted by Gasteiger charge is -2.00. The minimum atomic E-state index is -0.210. The van der Waals surface area contributed by atoms with Gasteiger partial charge in [-0.2, -0.15) is 0 Å². The van der Waals surface area contributed by atoms with E-state index < -0.39 is 0 Å². The minimum Gasteiger partial charge on any atom is -0.349 e. The molecule has 0 bridgehead atoms. The fourth-order valence-electron chi connectivity index (χ4n) is 1.43. The molecule has 0 atom stereocenters. The summed E-state index contributed by atoms with van der Waals surface area (Å²) in [5.41, 5.74) is 6.97. The van der Waals surface area contributed by atoms with Crippen LogP contribution >= 0.6 is 0 Å². The second kappa shape index (κ2) is 5.87. The SMILES string of the molecule is NCC(=O)NCc1cn(Cc2ccncc2)nn1. The second-order valence-electron chi connectivity index (χ2n) is 3.74. The molecule has 3 N–H and O–H groups in total. The Balaban J connectivity index is 1.92. The number of carbonyl (C=O) groups is 1. The number of aromatic nitrogens is 4. The van der Waals surface area contributed by atoms with Crippen LogP contribution in [0.25, 0.3) is 0 Å². The molecular weight excluding hydrogens is 232 g/mol. The van der Waals surface area contributed by atoms with Gasteiger partial charge in [0.15, 0.2) is 0 Å². The van der Waals surface area contributed by atoms with E-state index in [0.29, 0.717) is 18.8 Å². The van der Waals surface area contributed by atoms with E-state index in [9.17, 15) is 4.79 Å². The minimum absolute atomic E-state index is 0.0227. The van der Waals surface area contributed by atoms with Gasteiger partial charge in [0.05, 0.1) is 25.8 Å². The van der Waals surface area contributed by atoms with Crippen molar-refractivity contribution in [1.29, 1.82) is 0 Å². The average molecular weight is 246 g/mol. The van der Waals surface area contributed by atoms with E-state index in [1.54, 1.807) is 23.3 Å². The predicted molar refractivity (Wildman–Crippen MR) is 64.3 cm³/mol. The molecule has 0 saturated heterocycles. The van der Waals surface area contributed by atoms with Gasteiger partial charge in [0.1, 0.15) is 5.69 Å². The Labute approximate surface area is 104 Å². The van der Waals surface area contributed by atoms with Crippen LogP contribution in [0.1, 0.15) is 11.3 Å². The lowest BCUT2D eigenvalue weighted by atomic mass is 10.3. The zero-order valence-corrected chi connectivity index (χ0v) is 9.78. The van der Waals surface area contributed by atoms with Crippen molar-refractivity contribution in [2.75, 3.05) is 6.54 Å². The summed E-state index contributed by atoms with van der Waals surface area (Å²) >= 11 is 0. The first-order valence-corrected chi connectivity index (χ1v) is 5.52. The first kappa shape index (κ1) is 12.2. The van der Waals surface area contributed by atoms with Crippen LogP contribution in [0.2, 0.25) is 0 Å². The van der Waals surface area contributed by atoms with Gasteiger partial charge in [-0.1, -0.05) is 5.21 Å². The van der Waals surface area contributed by atoms with Gasteiger partial charge in [-0.05, 0) is 17.7 Å². The molecule has 1 amide bonds. The van der Waals surface area contributed by atoms with E-state index >= 15 is 0 Å². The molecule has 0 aliphatic carbocycles. The van der Waals surface area contributed by atoms with Gasteiger partial charge in [-0.15, -0.1) is 5.10 Å². The molecule has 0 spiro atoms. The van der Waals surface area contributed by atoms with Crippen LogP contribution in [0.15, 0.2) is 30.7 Å². The van der Waals surface area contributed by atoms with Crippen LogP contribution in [0.5, 0.6) is 0 Å². The molecule has 7 nitrogen and oxygen atoms in total. The van der Waals surface area contributed by atoms with Crippen LogP contribution in [0.4, 0.5) is 0 Å². The molecule has 0 aliphatic heterocycles. The Morgan fingerprint density at radius 2 is 2.17 bits per heavy atom. The summed E-state index contributed by atoms with van der Waals surface area (Å²) in [5, 5.41) is 10.6. The molecule has 94 valence electrons. The van der Waals surface area contributed by atoms with Gasteiger partial charge >= 0.3 is 0 Å². The summed E-state index contributed by atoms with van der Waals surface area (Å²) in [5.74, 6) is -0.210. The van der Waals surface area contributed by atoms with E-state index in [-0.39, 0.29) is 12.5 Å². The van der Waals surface area contributed by atoms with Gasteiger partial charge in [-0.3, -0.25) is 9.78 Å². The normalized spacial score (nSPS) is 10.3. The Kier molecular flexibility index (Phi) is 3.98. The molecule has 2 rings (SSSR count). The molecule has 2 aromatic rings. The Morgan fingerprint density at radius 3 is 2.89 bits per heavy atom. The summed E-state index contributed by atoms with van der Waals surface area (Å²) in [6.07, 6.45) is 5.25. The Morgan fingerprint density at radius 1 is 1.39 bits per heavy atom. The third kappa shape index (κ3) is 3.36. The fraction of sp³-hybridized carbons (Fsp3) is 0.273. The van der Waals surface area contributed by atoms with Crippen LogP contribution < -0.4 is 11.1 Å². The molecule has 0 unspecified atom stereocenters. The summed E-state index contributed by atoms with van der Waals surface area (Å²) in [4.78, 5) is 14.9. The molecule has 0 aliphatic rings. The number of rotatable bonds is 5. The summed E-state index contributed by atoms with van der Waals surface area (Å²) < 4.78 is 1.71. The quantitative estimate of drug-likeness (QED) is 0.726. The Hall–Kier alpha value is -2.28. The van der Waals surface area contributed by atoms with E-state index in [0.717, 1.165) is 5.56 Å². The molecular formula is C11H14N6O. The van der Waals surface area contributed by atoms with Crippen molar-refractivity contribution in [1.82, 2.24) is 25.3 Å². The van der Waals surface area contributed by atoms with E-state index in [1.807, 2.05) is 12.1 Å². The number of hydrogen-bond acceptors (Lipinski definition) is 5. The molecule has 0 aromatic carbocycles. The zero-order chi connectivity index (χ0) is 12.8. The highest BCUT2D eigenvalue weighted by atomic mass is 16.1. The maximum Gasteiger partial charge on any atom is 0.234 e. The monoisotopic (exact) mass is 246 g/mol. The number of hydrogen-bond donors (Lipinski definition) is 2. The smallest absolute Gasteiger partial charge is 0.234 e. The van der Waals surface area contributed by atoms with Gasteiger partial charge in [-0.25, -0.2) is 4.68 Å². The third-order valence-electron chi connectivity index (χ3n) is 2.33. The number of nitrogens with two attached hydrogens (primary N) is 1. The van der Waals surface area contributed by atoms with E-state index in [2.05, 4.69) is 20.6 Å². The molecule has 0 radical (unpaired) electrons. The number of pyridine rings is 1. The van der Waals surface area contributed by atoms with Gasteiger partial charge in [0.25, 0.3) is 0 Å². The molecule has 18 heavy (non-hydrogen) atoms. The molecule has 7 heteroatoms. The highest BCUT2D eigenvalue weighted by molar-refractivity contribution is 5.77. The first-order chi connectivity index (χ1) is 8.78. The largest absolute Gasteiger partial charge is 0.349 e. The van der Waals surface area contributed by atoms with Crippen molar-refractivity contribution in [2.45, 2.75) is 13.1 Å². The van der Waals surface area contributed by atoms with Crippen molar-refractivity contribution in [3.8, 4) is 0 Å². The van der Waals surface area contributed by atoms with Crippen LogP contribution in [0, 0.1) is 0 Å². The van der Waals surface area contributed by atoms with Gasteiger partial charge in [0.2, 0.25) is 5.91 Å². The maximum atomic E-state index is 11.0. The van der Waals surface area contributed by atoms with Gasteiger partial charge in [0, 0.05) is 12.4 Å². The number of carbonyl (C=O) groups excluding carboxylic acids is 1. The fourth-order valence-corrected chi connectivity index (χ4v) is 1.43. The zero-order valence-electron chi connectivity index (χ0n) is 9.78. The van der Waals surface area contributed by atoms with Gasteiger partial charge < -0.3 is 11.1 Å². The molecule has 0 fully saturated rings. The van der Waals surface area contributed by atoms with Crippen LogP contribution in [-0.4, -0.2) is 32.4 Å². The number of amides is 1. The van der Waals surface area contributed by atoms with Crippen LogP contribution in [0.3, 0.4) is 0 Å². The number of nitrogens with one attached hydrogen (secondary N) is 1. The molecule has 0 saturated carbocycles. The Bertz CT molecular complexity index is 509. The average Bonchev–Trinajstić information content (AvgIpc) is 2.85. The number of nitrogens with zero attached hydrogens (tertiary/aromatic N) is 4. The summed E-state index contributed by atoms with van der Waals surface area (Å²) in [7, 11) is 0. The predicted octanol–water partition coefficient (Wildman–Crippen LogP) is -0.704. The summed E-state index contributed by atoms with van der Waals surface area (Å²) in [6.45, 7) is 0.942. The van der Waals surface area contributed by atoms with Crippen molar-refractivity contribution in [2.24, 2.45) is 5.73 Å². The lowest BCUT2D eigenvalue weighted by molar-refractivity contribution is -0.119. The van der Waals surface area contributed by atoms with Crippen molar-refractivity contribution < 1.29 is 4.79 Å². The lowest BCUT2D eigenvalue weighted by Crippen LogP contribution is -2.29. The van der Waals surface area contributed by atoms with Crippen molar-refractivity contribution in [3.05, 3.63) is 42.0 Å². The highest BCUT2D eigenvalue weighted by Gasteiger charge is 2.03. The summed E-state index contributed by atoms with van der Waals surface area (Å²) in [6, 6.07) is 3.83. The van der Waals surface area contributed by atoms with Crippen LogP contribution in [-0.2, 0) is 17.9 Å². The van der Waals surface area contributed by atoms with E-state index in [1.165, 1.54) is 0 Å². The van der Waals surface area contributed by atoms with Crippen molar-refractivity contribution in [3.63, 3.8) is 0 Å². The molecule has 2 heterocycles. The standard InChI is InChI=1S/C11H14N6O/c12-5-11(18)14-6-10-8-17(16-15-10)7-9-1-3-13-4-2-9/h1-4,8H,5-7,12H2,(H,14,18). The van der Waals surface area contributed by atoms with Crippen molar-refractivity contribution >= 4 is 5.91 Å². The van der Waals surface area contributed by atoms with E-state index in [4.69, 9.17) is 5.73 Å². The topological polar surface area (TPSA) is 98.7 Å². The highest BCUT2D eigenvalue weighted by Crippen LogP contribution is 2.00. The third-order valence-corrected chi connectivity index (χ3v) is 2.33. The molecule has 2 aromatic heterocycles. The maximum absolute atomic E-state index is 11.0. The second-order valence-corrected chi connectivity index (χ2v) is 3.74.